The summed E-state index contributed by atoms with van der Waals surface area (Å²) in [6.07, 6.45) is 3.41. The zero-order chi connectivity index (χ0) is 10.6. The molecule has 0 aromatic heterocycles. The number of hydrogen-bond donors (Lipinski definition) is 2. The largest absolute Gasteiger partial charge is 0.390 e. The van der Waals surface area contributed by atoms with Crippen LogP contribution in [0.15, 0.2) is 0 Å². The highest BCUT2D eigenvalue weighted by Gasteiger charge is 2.23. The predicted molar refractivity (Wildman–Crippen MR) is 59.1 cm³/mol. The summed E-state index contributed by atoms with van der Waals surface area (Å²) in [4.78, 5) is 2.34. The molecule has 1 rings (SSSR count). The van der Waals surface area contributed by atoms with Gasteiger partial charge in [0.25, 0.3) is 0 Å². The molecule has 0 bridgehead atoms. The molecule has 14 heavy (non-hydrogen) atoms. The third kappa shape index (κ3) is 3.95. The fourth-order valence-electron chi connectivity index (χ4n) is 2.03. The van der Waals surface area contributed by atoms with Crippen molar-refractivity contribution >= 4 is 0 Å². The van der Waals surface area contributed by atoms with Crippen molar-refractivity contribution in [1.82, 2.24) is 4.90 Å². The molecule has 1 fully saturated rings. The molecule has 3 N–H and O–H groups in total. The Kier molecular flexibility index (Phi) is 4.35. The Balaban J connectivity index is 2.35. The first-order valence-corrected chi connectivity index (χ1v) is 5.64. The van der Waals surface area contributed by atoms with Gasteiger partial charge in [-0.2, -0.15) is 0 Å². The molecule has 3 nitrogen and oxygen atoms in total. The summed E-state index contributed by atoms with van der Waals surface area (Å²) in [5.74, 6) is 0. The first kappa shape index (κ1) is 12.0. The number of nitrogens with two attached hydrogens (primary N) is 1. The van der Waals surface area contributed by atoms with Crippen LogP contribution in [-0.2, 0) is 0 Å². The third-order valence-corrected chi connectivity index (χ3v) is 3.17. The van der Waals surface area contributed by atoms with E-state index in [1.54, 1.807) is 0 Å². The van der Waals surface area contributed by atoms with Crippen molar-refractivity contribution in [1.29, 1.82) is 0 Å². The van der Waals surface area contributed by atoms with Gasteiger partial charge in [-0.15, -0.1) is 0 Å². The second-order valence-electron chi connectivity index (χ2n) is 5.21. The maximum Gasteiger partial charge on any atom is 0.0789 e. The van der Waals surface area contributed by atoms with Crippen LogP contribution in [0.3, 0.4) is 0 Å². The van der Waals surface area contributed by atoms with E-state index in [4.69, 9.17) is 5.73 Å². The van der Waals surface area contributed by atoms with Gasteiger partial charge in [0.1, 0.15) is 0 Å². The third-order valence-electron chi connectivity index (χ3n) is 3.17. The molecule has 84 valence electrons. The number of hydrogen-bond acceptors (Lipinski definition) is 3. The average Bonchev–Trinajstić information content (AvgIpc) is 2.28. The molecule has 0 saturated carbocycles. The van der Waals surface area contributed by atoms with Gasteiger partial charge < -0.3 is 15.7 Å². The number of likely N-dealkylation sites (tertiary alicyclic amines) is 1. The molecule has 0 aromatic carbocycles. The zero-order valence-electron chi connectivity index (χ0n) is 9.50. The fourth-order valence-corrected chi connectivity index (χ4v) is 2.03. The molecule has 1 unspecified atom stereocenters. The Labute approximate surface area is 87.3 Å². The minimum absolute atomic E-state index is 0.351. The summed E-state index contributed by atoms with van der Waals surface area (Å²) >= 11 is 0. The van der Waals surface area contributed by atoms with E-state index in [1.165, 1.54) is 19.3 Å². The Hall–Kier alpha value is -0.120. The topological polar surface area (TPSA) is 49.5 Å². The number of aliphatic hydroxyl groups excluding tert-OH is 1. The maximum atomic E-state index is 9.47. The van der Waals surface area contributed by atoms with E-state index in [-0.39, 0.29) is 6.10 Å². The molecule has 0 radical (unpaired) electrons. The molecule has 1 heterocycles. The molecule has 3 heteroatoms. The molecule has 1 atom stereocenters. The summed E-state index contributed by atoms with van der Waals surface area (Å²) in [5.41, 5.74) is 5.88. The lowest BCUT2D eigenvalue weighted by atomic mass is 9.85. The SMILES string of the molecule is CC1(C)CCCN(CC(O)CN)CC1. The molecule has 1 saturated heterocycles. The monoisotopic (exact) mass is 200 g/mol. The lowest BCUT2D eigenvalue weighted by molar-refractivity contribution is 0.118. The van der Waals surface area contributed by atoms with Crippen LogP contribution in [-0.4, -0.2) is 42.3 Å². The van der Waals surface area contributed by atoms with Crippen molar-refractivity contribution < 1.29 is 5.11 Å². The molecule has 0 spiro atoms. The van der Waals surface area contributed by atoms with E-state index in [0.717, 1.165) is 19.6 Å². The Morgan fingerprint density at radius 3 is 2.71 bits per heavy atom. The van der Waals surface area contributed by atoms with Gasteiger partial charge in [-0.3, -0.25) is 0 Å². The van der Waals surface area contributed by atoms with Crippen molar-refractivity contribution in [3.8, 4) is 0 Å². The fraction of sp³-hybridized carbons (Fsp3) is 1.00. The number of β-amino-alcohol motifs (C(OH)–C–C–N with tert-alkyl or cyclic N) is 1. The van der Waals surface area contributed by atoms with Gasteiger partial charge >= 0.3 is 0 Å². The van der Waals surface area contributed by atoms with Crippen LogP contribution < -0.4 is 5.73 Å². The minimum atomic E-state index is -0.351. The first-order chi connectivity index (χ1) is 6.53. The predicted octanol–water partition coefficient (Wildman–Crippen LogP) is 0.818. The molecule has 1 aliphatic heterocycles. The summed E-state index contributed by atoms with van der Waals surface area (Å²) < 4.78 is 0. The lowest BCUT2D eigenvalue weighted by Crippen LogP contribution is -2.37. The molecule has 1 aliphatic rings. The maximum absolute atomic E-state index is 9.47. The highest BCUT2D eigenvalue weighted by atomic mass is 16.3. The van der Waals surface area contributed by atoms with E-state index in [0.29, 0.717) is 12.0 Å². The van der Waals surface area contributed by atoms with Gasteiger partial charge in [0.2, 0.25) is 0 Å². The Bertz CT molecular complexity index is 171. The molecule has 0 aromatic rings. The highest BCUT2D eigenvalue weighted by Crippen LogP contribution is 2.29. The second kappa shape index (κ2) is 5.10. The van der Waals surface area contributed by atoms with Crippen molar-refractivity contribution in [2.45, 2.75) is 39.2 Å². The van der Waals surface area contributed by atoms with Crippen LogP contribution in [0, 0.1) is 5.41 Å². The van der Waals surface area contributed by atoms with E-state index >= 15 is 0 Å². The number of aliphatic hydroxyl groups is 1. The average molecular weight is 200 g/mol. The molecule has 0 amide bonds. The van der Waals surface area contributed by atoms with Gasteiger partial charge in [0, 0.05) is 13.1 Å². The second-order valence-corrected chi connectivity index (χ2v) is 5.21. The van der Waals surface area contributed by atoms with Crippen LogP contribution in [0.2, 0.25) is 0 Å². The summed E-state index contributed by atoms with van der Waals surface area (Å²) in [6, 6.07) is 0. The zero-order valence-corrected chi connectivity index (χ0v) is 9.50. The molecular formula is C11H24N2O. The minimum Gasteiger partial charge on any atom is -0.390 e. The standard InChI is InChI=1S/C11H24N2O/c1-11(2)4-3-6-13(7-5-11)9-10(14)8-12/h10,14H,3-9,12H2,1-2H3. The molecule has 0 aliphatic carbocycles. The van der Waals surface area contributed by atoms with E-state index < -0.39 is 0 Å². The van der Waals surface area contributed by atoms with Gasteiger partial charge in [-0.1, -0.05) is 13.8 Å². The van der Waals surface area contributed by atoms with Crippen LogP contribution in [0.5, 0.6) is 0 Å². The summed E-state index contributed by atoms with van der Waals surface area (Å²) in [7, 11) is 0. The van der Waals surface area contributed by atoms with Crippen LogP contribution in [0.1, 0.15) is 33.1 Å². The quantitative estimate of drug-likeness (QED) is 0.709. The summed E-state index contributed by atoms with van der Waals surface area (Å²) in [5, 5.41) is 9.47. The Morgan fingerprint density at radius 1 is 1.36 bits per heavy atom. The van der Waals surface area contributed by atoms with Crippen molar-refractivity contribution in [3.63, 3.8) is 0 Å². The number of nitrogens with zero attached hydrogens (tertiary/aromatic N) is 1. The van der Waals surface area contributed by atoms with E-state index in [1.807, 2.05) is 0 Å². The lowest BCUT2D eigenvalue weighted by Gasteiger charge is -2.24. The van der Waals surface area contributed by atoms with Crippen molar-refractivity contribution in [2.24, 2.45) is 11.1 Å². The summed E-state index contributed by atoms with van der Waals surface area (Å²) in [6.45, 7) is 7.99. The smallest absolute Gasteiger partial charge is 0.0789 e. The van der Waals surface area contributed by atoms with Gasteiger partial charge in [0.15, 0.2) is 0 Å². The van der Waals surface area contributed by atoms with E-state index in [9.17, 15) is 5.11 Å². The van der Waals surface area contributed by atoms with Crippen LogP contribution in [0.4, 0.5) is 0 Å². The highest BCUT2D eigenvalue weighted by molar-refractivity contribution is 4.77. The van der Waals surface area contributed by atoms with Gasteiger partial charge in [-0.05, 0) is 37.8 Å². The van der Waals surface area contributed by atoms with Gasteiger partial charge in [0.05, 0.1) is 6.10 Å². The van der Waals surface area contributed by atoms with Crippen LogP contribution in [0.25, 0.3) is 0 Å². The van der Waals surface area contributed by atoms with E-state index in [2.05, 4.69) is 18.7 Å². The number of rotatable bonds is 3. The molecular weight excluding hydrogens is 176 g/mol. The first-order valence-electron chi connectivity index (χ1n) is 5.64. The van der Waals surface area contributed by atoms with Crippen LogP contribution >= 0.6 is 0 Å². The van der Waals surface area contributed by atoms with Crippen molar-refractivity contribution in [3.05, 3.63) is 0 Å². The Morgan fingerprint density at radius 2 is 2.07 bits per heavy atom. The van der Waals surface area contributed by atoms with Crippen molar-refractivity contribution in [2.75, 3.05) is 26.2 Å². The normalized spacial score (nSPS) is 25.7. The van der Waals surface area contributed by atoms with Gasteiger partial charge in [-0.25, -0.2) is 0 Å².